The average molecular weight is 461 g/mol. The van der Waals surface area contributed by atoms with Gasteiger partial charge in [0, 0.05) is 30.6 Å². The summed E-state index contributed by atoms with van der Waals surface area (Å²) in [6.07, 6.45) is 5.83. The first-order valence-electron chi connectivity index (χ1n) is 11.8. The van der Waals surface area contributed by atoms with Gasteiger partial charge in [0.2, 0.25) is 0 Å². The van der Waals surface area contributed by atoms with Crippen LogP contribution in [0.25, 0.3) is 16.9 Å². The van der Waals surface area contributed by atoms with Crippen molar-refractivity contribution in [3.05, 3.63) is 113 Å². The van der Waals surface area contributed by atoms with E-state index in [2.05, 4.69) is 22.1 Å². The van der Waals surface area contributed by atoms with Crippen LogP contribution < -0.4 is 5.49 Å². The first kappa shape index (κ1) is 21.2. The van der Waals surface area contributed by atoms with Crippen LogP contribution in [0.15, 0.2) is 90.2 Å². The van der Waals surface area contributed by atoms with E-state index in [1.807, 2.05) is 78.4 Å². The van der Waals surface area contributed by atoms with E-state index in [0.717, 1.165) is 35.2 Å². The molecule has 1 saturated carbocycles. The molecule has 0 saturated heterocycles. The molecule has 172 valence electrons. The van der Waals surface area contributed by atoms with Gasteiger partial charge >= 0.3 is 0 Å². The van der Waals surface area contributed by atoms with Gasteiger partial charge in [0.25, 0.3) is 5.91 Å². The molecule has 6 rings (SSSR count). The average Bonchev–Trinajstić information content (AvgIpc) is 3.69. The lowest BCUT2D eigenvalue weighted by Gasteiger charge is -2.08. The zero-order valence-corrected chi connectivity index (χ0v) is 19.4. The van der Waals surface area contributed by atoms with Gasteiger partial charge in [0.15, 0.2) is 11.5 Å². The van der Waals surface area contributed by atoms with Gasteiger partial charge in [-0.1, -0.05) is 42.5 Å². The summed E-state index contributed by atoms with van der Waals surface area (Å²) in [6.45, 7) is 2.53. The van der Waals surface area contributed by atoms with Crippen molar-refractivity contribution in [2.75, 3.05) is 0 Å². The molecule has 7 nitrogen and oxygen atoms in total. The zero-order valence-electron chi connectivity index (χ0n) is 19.4. The Morgan fingerprint density at radius 3 is 2.60 bits per heavy atom. The van der Waals surface area contributed by atoms with Crippen molar-refractivity contribution in [3.8, 4) is 5.82 Å². The van der Waals surface area contributed by atoms with Crippen molar-refractivity contribution >= 4 is 16.9 Å². The molecule has 4 aromatic heterocycles. The van der Waals surface area contributed by atoms with E-state index in [1.54, 1.807) is 10.9 Å². The van der Waals surface area contributed by atoms with Gasteiger partial charge in [-0.15, -0.1) is 0 Å². The van der Waals surface area contributed by atoms with Crippen LogP contribution in [0.2, 0.25) is 0 Å². The number of pyridine rings is 3. The molecule has 0 aliphatic heterocycles. The van der Waals surface area contributed by atoms with Crippen LogP contribution in [0.3, 0.4) is 0 Å². The summed E-state index contributed by atoms with van der Waals surface area (Å²) >= 11 is 0. The number of nitrogens with zero attached hydrogens (tertiary/aromatic N) is 6. The molecule has 5 aromatic rings. The third-order valence-corrected chi connectivity index (χ3v) is 6.25. The minimum atomic E-state index is -0.295. The van der Waals surface area contributed by atoms with E-state index >= 15 is 0 Å². The van der Waals surface area contributed by atoms with Crippen molar-refractivity contribution in [2.45, 2.75) is 32.2 Å². The van der Waals surface area contributed by atoms with E-state index in [-0.39, 0.29) is 5.91 Å². The van der Waals surface area contributed by atoms with Crippen molar-refractivity contribution < 1.29 is 4.79 Å². The van der Waals surface area contributed by atoms with Gasteiger partial charge in [-0.2, -0.15) is 14.8 Å². The molecule has 1 aliphatic rings. The minimum absolute atomic E-state index is 0.295. The van der Waals surface area contributed by atoms with E-state index in [9.17, 15) is 4.79 Å². The molecule has 0 unspecified atom stereocenters. The third kappa shape index (κ3) is 4.17. The van der Waals surface area contributed by atoms with E-state index < -0.39 is 0 Å². The molecule has 35 heavy (non-hydrogen) atoms. The lowest BCUT2D eigenvalue weighted by atomic mass is 10.1. The molecule has 0 radical (unpaired) electrons. The number of carbonyl (C=O) groups excluding carboxylic acids is 1. The van der Waals surface area contributed by atoms with Crippen LogP contribution in [0.4, 0.5) is 0 Å². The Labute approximate surface area is 202 Å². The molecule has 1 fully saturated rings. The van der Waals surface area contributed by atoms with Crippen LogP contribution >= 0.6 is 0 Å². The summed E-state index contributed by atoms with van der Waals surface area (Å²) in [6, 6.07) is 23.4. The number of hydrogen-bond acceptors (Lipinski definition) is 4. The predicted octanol–water partition coefficient (Wildman–Crippen LogP) is 4.59. The second kappa shape index (κ2) is 8.76. The molecule has 4 heterocycles. The third-order valence-electron chi connectivity index (χ3n) is 6.25. The van der Waals surface area contributed by atoms with Gasteiger partial charge < -0.3 is 4.57 Å². The number of aryl methyl sites for hydroxylation is 1. The lowest BCUT2D eigenvalue weighted by Crippen LogP contribution is -2.22. The molecule has 7 heteroatoms. The monoisotopic (exact) mass is 460 g/mol. The summed E-state index contributed by atoms with van der Waals surface area (Å²) in [5.41, 5.74) is 4.57. The maximum Gasteiger partial charge on any atom is 0.279 e. The Hall–Kier alpha value is -4.39. The quantitative estimate of drug-likeness (QED) is 0.384. The van der Waals surface area contributed by atoms with E-state index in [1.165, 1.54) is 0 Å². The summed E-state index contributed by atoms with van der Waals surface area (Å²) < 4.78 is 3.71. The number of benzene rings is 1. The number of carbonyl (C=O) groups is 1. The van der Waals surface area contributed by atoms with Gasteiger partial charge in [-0.3, -0.25) is 4.79 Å². The van der Waals surface area contributed by atoms with Crippen LogP contribution in [0.5, 0.6) is 0 Å². The molecule has 1 aromatic carbocycles. The Kier molecular flexibility index (Phi) is 5.29. The molecule has 0 atom stereocenters. The Morgan fingerprint density at radius 2 is 1.83 bits per heavy atom. The van der Waals surface area contributed by atoms with Gasteiger partial charge in [-0.25, -0.2) is 9.97 Å². The maximum absolute atomic E-state index is 13.7. The summed E-state index contributed by atoms with van der Waals surface area (Å²) in [5.74, 6) is 0.749. The first-order valence-corrected chi connectivity index (χ1v) is 11.8. The standard InChI is InChI=1S/C28H24N6O/c1-19-26-22(28(35)31-25-12-6-8-16-33(25)18-20-9-3-2-4-10-20)17-23(21-13-14-21)30-27(26)34(32-19)24-11-5-7-15-29-24/h2-12,15-17,21H,13-14,18H2,1H3. The van der Waals surface area contributed by atoms with Crippen molar-refractivity contribution in [2.24, 2.45) is 4.99 Å². The molecule has 0 bridgehead atoms. The highest BCUT2D eigenvalue weighted by Gasteiger charge is 2.29. The topological polar surface area (TPSA) is 78.0 Å². The van der Waals surface area contributed by atoms with Gasteiger partial charge in [-0.05, 0) is 55.7 Å². The number of fused-ring (bicyclic) bond motifs is 1. The Bertz CT molecular complexity index is 1600. The van der Waals surface area contributed by atoms with Crippen molar-refractivity contribution in [1.29, 1.82) is 0 Å². The van der Waals surface area contributed by atoms with Gasteiger partial charge in [0.1, 0.15) is 5.49 Å². The van der Waals surface area contributed by atoms with Crippen LogP contribution in [-0.4, -0.2) is 30.2 Å². The second-order valence-corrected chi connectivity index (χ2v) is 8.84. The zero-order chi connectivity index (χ0) is 23.8. The van der Waals surface area contributed by atoms with Crippen molar-refractivity contribution in [1.82, 2.24) is 24.3 Å². The van der Waals surface area contributed by atoms with Gasteiger partial charge in [0.05, 0.1) is 16.6 Å². The summed E-state index contributed by atoms with van der Waals surface area (Å²) in [5, 5.41) is 5.42. The fourth-order valence-corrected chi connectivity index (χ4v) is 4.35. The van der Waals surface area contributed by atoms with Crippen LogP contribution in [0, 0.1) is 6.92 Å². The summed E-state index contributed by atoms with van der Waals surface area (Å²) in [7, 11) is 0. The number of hydrogen-bond donors (Lipinski definition) is 0. The van der Waals surface area contributed by atoms with E-state index in [4.69, 9.17) is 10.1 Å². The highest BCUT2D eigenvalue weighted by Crippen LogP contribution is 2.40. The number of rotatable bonds is 5. The largest absolute Gasteiger partial charge is 0.328 e. The van der Waals surface area contributed by atoms with E-state index in [0.29, 0.717) is 35.0 Å². The normalized spacial score (nSPS) is 13.9. The minimum Gasteiger partial charge on any atom is -0.328 e. The second-order valence-electron chi connectivity index (χ2n) is 8.84. The molecule has 0 spiro atoms. The Morgan fingerprint density at radius 1 is 1.03 bits per heavy atom. The maximum atomic E-state index is 13.7. The van der Waals surface area contributed by atoms with Crippen LogP contribution in [-0.2, 0) is 6.54 Å². The lowest BCUT2D eigenvalue weighted by molar-refractivity contribution is 0.0998. The number of aromatic nitrogens is 5. The van der Waals surface area contributed by atoms with Crippen molar-refractivity contribution in [3.63, 3.8) is 0 Å². The number of amides is 1. The highest BCUT2D eigenvalue weighted by atomic mass is 16.1. The molecule has 1 amide bonds. The fraction of sp³-hybridized carbons (Fsp3) is 0.179. The molecular formula is C28H24N6O. The Balaban J connectivity index is 1.49. The smallest absolute Gasteiger partial charge is 0.279 e. The molecule has 0 N–H and O–H groups in total. The predicted molar refractivity (Wildman–Crippen MR) is 133 cm³/mol. The molecular weight excluding hydrogens is 436 g/mol. The summed E-state index contributed by atoms with van der Waals surface area (Å²) in [4.78, 5) is 27.6. The first-order chi connectivity index (χ1) is 17.2. The highest BCUT2D eigenvalue weighted by molar-refractivity contribution is 6.07. The van der Waals surface area contributed by atoms with Crippen LogP contribution in [0.1, 0.15) is 46.1 Å². The fourth-order valence-electron chi connectivity index (χ4n) is 4.35. The molecule has 1 aliphatic carbocycles. The SMILES string of the molecule is Cc1nn(-c2ccccn2)c2nc(C3CC3)cc(C(=O)N=c3ccccn3Cc3ccccc3)c12.